The minimum Gasteiger partial charge on any atom is -0.423 e. The first-order valence-corrected chi connectivity index (χ1v) is 12.7. The number of aliphatic hydroxyl groups excluding tert-OH is 1. The van der Waals surface area contributed by atoms with Crippen LogP contribution in [0.25, 0.3) is 11.1 Å². The van der Waals surface area contributed by atoms with E-state index in [1.807, 2.05) is 12.1 Å². The number of hydrogen-bond donors (Lipinski definition) is 1. The molecule has 1 saturated carbocycles. The third-order valence-corrected chi connectivity index (χ3v) is 6.98. The third-order valence-electron chi connectivity index (χ3n) is 6.98. The maximum Gasteiger partial charge on any atom is 0.338 e. The summed E-state index contributed by atoms with van der Waals surface area (Å²) in [7, 11) is 0. The highest BCUT2D eigenvalue weighted by molar-refractivity contribution is 5.90. The van der Waals surface area contributed by atoms with Crippen molar-refractivity contribution in [2.75, 3.05) is 6.61 Å². The lowest BCUT2D eigenvalue weighted by Gasteiger charge is -2.29. The molecule has 0 heterocycles. The van der Waals surface area contributed by atoms with E-state index in [0.717, 1.165) is 29.0 Å². The maximum atomic E-state index is 12.2. The van der Waals surface area contributed by atoms with Gasteiger partial charge in [0.25, 0.3) is 0 Å². The molecule has 0 bridgehead atoms. The molecule has 0 radical (unpaired) electrons. The molecule has 2 aromatic carbocycles. The second kappa shape index (κ2) is 12.7. The number of carbonyl (C=O) groups excluding carboxylic acids is 1. The van der Waals surface area contributed by atoms with Crippen molar-refractivity contribution in [2.24, 2.45) is 5.92 Å². The van der Waals surface area contributed by atoms with Crippen LogP contribution in [0.3, 0.4) is 0 Å². The normalized spacial score (nSPS) is 18.2. The third kappa shape index (κ3) is 7.30. The van der Waals surface area contributed by atoms with Crippen LogP contribution < -0.4 is 4.74 Å². The van der Waals surface area contributed by atoms with Crippen molar-refractivity contribution >= 4 is 5.97 Å². The summed E-state index contributed by atoms with van der Waals surface area (Å²) in [4.78, 5) is 12.2. The molecule has 3 rings (SSSR count). The van der Waals surface area contributed by atoms with Crippen LogP contribution in [-0.2, 0) is 11.2 Å². The van der Waals surface area contributed by atoms with Crippen molar-refractivity contribution < 1.29 is 14.6 Å². The van der Waals surface area contributed by atoms with Crippen molar-refractivity contribution in [3.8, 4) is 16.9 Å². The highest BCUT2D eigenvalue weighted by Crippen LogP contribution is 2.39. The number of ether oxygens (including phenoxy) is 1. The first-order chi connectivity index (χ1) is 16.0. The summed E-state index contributed by atoms with van der Waals surface area (Å²) in [5.74, 6) is 1.71. The maximum absolute atomic E-state index is 12.2. The lowest BCUT2D eigenvalue weighted by atomic mass is 9.77. The number of rotatable bonds is 11. The van der Waals surface area contributed by atoms with E-state index in [4.69, 9.17) is 9.84 Å². The van der Waals surface area contributed by atoms with E-state index >= 15 is 0 Å². The highest BCUT2D eigenvalue weighted by Gasteiger charge is 2.22. The van der Waals surface area contributed by atoms with Gasteiger partial charge in [-0.3, -0.25) is 0 Å². The van der Waals surface area contributed by atoms with E-state index in [1.165, 1.54) is 56.9 Å². The lowest BCUT2D eigenvalue weighted by Crippen LogP contribution is -2.13. The highest BCUT2D eigenvalue weighted by atomic mass is 16.5. The lowest BCUT2D eigenvalue weighted by molar-refractivity contribution is -0.130. The molecule has 2 aromatic rings. The smallest absolute Gasteiger partial charge is 0.338 e. The van der Waals surface area contributed by atoms with E-state index in [2.05, 4.69) is 43.8 Å². The summed E-state index contributed by atoms with van der Waals surface area (Å²) in [5.41, 5.74) is 4.80. The molecule has 33 heavy (non-hydrogen) atoms. The van der Waals surface area contributed by atoms with Crippen LogP contribution in [-0.4, -0.2) is 17.7 Å². The Bertz CT molecular complexity index is 905. The Labute approximate surface area is 199 Å². The van der Waals surface area contributed by atoms with Crippen molar-refractivity contribution in [3.05, 3.63) is 65.7 Å². The molecule has 0 amide bonds. The van der Waals surface area contributed by atoms with Gasteiger partial charge in [-0.05, 0) is 80.0 Å². The molecule has 178 valence electrons. The Kier molecular flexibility index (Phi) is 9.75. The van der Waals surface area contributed by atoms with Gasteiger partial charge < -0.3 is 9.84 Å². The molecular formula is C30H40O3. The molecule has 1 aliphatic rings. The van der Waals surface area contributed by atoms with Crippen molar-refractivity contribution in [3.63, 3.8) is 0 Å². The molecule has 0 aromatic heterocycles. The van der Waals surface area contributed by atoms with E-state index in [1.54, 1.807) is 6.92 Å². The molecule has 0 unspecified atom stereocenters. The first kappa shape index (κ1) is 25.2. The Morgan fingerprint density at radius 1 is 1.03 bits per heavy atom. The van der Waals surface area contributed by atoms with E-state index in [0.29, 0.717) is 23.7 Å². The van der Waals surface area contributed by atoms with Crippen LogP contribution in [0.1, 0.15) is 88.7 Å². The molecule has 3 nitrogen and oxygen atoms in total. The Morgan fingerprint density at radius 2 is 1.76 bits per heavy atom. The molecule has 0 spiro atoms. The van der Waals surface area contributed by atoms with Crippen LogP contribution in [0.4, 0.5) is 0 Å². The van der Waals surface area contributed by atoms with Crippen molar-refractivity contribution in [1.29, 1.82) is 0 Å². The van der Waals surface area contributed by atoms with Gasteiger partial charge in [0.2, 0.25) is 0 Å². The van der Waals surface area contributed by atoms with Gasteiger partial charge in [-0.25, -0.2) is 4.79 Å². The topological polar surface area (TPSA) is 46.5 Å². The molecule has 1 fully saturated rings. The predicted molar refractivity (Wildman–Crippen MR) is 137 cm³/mol. The second-order valence-electron chi connectivity index (χ2n) is 9.66. The van der Waals surface area contributed by atoms with Gasteiger partial charge in [0.15, 0.2) is 0 Å². The molecular weight excluding hydrogens is 408 g/mol. The van der Waals surface area contributed by atoms with Gasteiger partial charge in [-0.1, -0.05) is 75.6 Å². The van der Waals surface area contributed by atoms with Gasteiger partial charge in [0.1, 0.15) is 5.75 Å². The van der Waals surface area contributed by atoms with Crippen LogP contribution >= 0.6 is 0 Å². The van der Waals surface area contributed by atoms with Gasteiger partial charge >= 0.3 is 5.97 Å². The van der Waals surface area contributed by atoms with Gasteiger partial charge in [-0.15, -0.1) is 0 Å². The van der Waals surface area contributed by atoms with Crippen LogP contribution in [0.5, 0.6) is 5.75 Å². The van der Waals surface area contributed by atoms with E-state index < -0.39 is 5.97 Å². The number of esters is 1. The van der Waals surface area contributed by atoms with E-state index in [-0.39, 0.29) is 6.61 Å². The van der Waals surface area contributed by atoms with E-state index in [9.17, 15) is 4.79 Å². The van der Waals surface area contributed by atoms with Crippen LogP contribution in [0.15, 0.2) is 54.6 Å². The number of aryl methyl sites for hydroxylation is 1. The summed E-state index contributed by atoms with van der Waals surface area (Å²) in [6.07, 6.45) is 12.2. The minimum absolute atomic E-state index is 0.144. The van der Waals surface area contributed by atoms with Crippen LogP contribution in [0, 0.1) is 5.92 Å². The summed E-state index contributed by atoms with van der Waals surface area (Å²) in [6.45, 7) is 7.79. The fourth-order valence-corrected chi connectivity index (χ4v) is 4.92. The Hall–Kier alpha value is -2.39. The predicted octanol–water partition coefficient (Wildman–Crippen LogP) is 7.61. The molecule has 1 aliphatic carbocycles. The number of hydrogen-bond acceptors (Lipinski definition) is 3. The number of carbonyl (C=O) groups is 1. The summed E-state index contributed by atoms with van der Waals surface area (Å²) < 4.78 is 5.68. The quantitative estimate of drug-likeness (QED) is 0.166. The number of aliphatic hydroxyl groups is 1. The summed E-state index contributed by atoms with van der Waals surface area (Å²) >= 11 is 0. The number of benzene rings is 2. The fraction of sp³-hybridized carbons (Fsp3) is 0.500. The zero-order valence-corrected chi connectivity index (χ0v) is 20.4. The summed E-state index contributed by atoms with van der Waals surface area (Å²) in [5, 5.41) is 9.15. The molecule has 0 saturated heterocycles. The number of unbranched alkanes of at least 4 members (excludes halogenated alkanes) is 2. The van der Waals surface area contributed by atoms with Crippen LogP contribution in [0.2, 0.25) is 0 Å². The summed E-state index contributed by atoms with van der Waals surface area (Å²) in [6, 6.07) is 14.8. The molecule has 3 heteroatoms. The molecule has 0 aliphatic heterocycles. The molecule has 1 N–H and O–H groups in total. The van der Waals surface area contributed by atoms with Crippen molar-refractivity contribution in [2.45, 2.75) is 84.0 Å². The molecule has 0 atom stereocenters. The fourth-order valence-electron chi connectivity index (χ4n) is 4.92. The first-order valence-electron chi connectivity index (χ1n) is 12.7. The largest absolute Gasteiger partial charge is 0.423 e. The van der Waals surface area contributed by atoms with Crippen molar-refractivity contribution in [1.82, 2.24) is 0 Å². The average molecular weight is 449 g/mol. The monoisotopic (exact) mass is 448 g/mol. The zero-order valence-electron chi connectivity index (χ0n) is 20.4. The van der Waals surface area contributed by atoms with Gasteiger partial charge in [-0.2, -0.15) is 0 Å². The zero-order chi connectivity index (χ0) is 23.6. The van der Waals surface area contributed by atoms with Gasteiger partial charge in [0, 0.05) is 17.7 Å². The minimum atomic E-state index is -0.414. The Balaban J connectivity index is 1.71. The second-order valence-corrected chi connectivity index (χ2v) is 9.66. The standard InChI is InChI=1S/C30H40O3/c1-4-5-6-8-23-10-13-25(14-11-23)26-15-17-27(18-16-26)28-19-12-24(9-7-20-31)21-29(28)33-30(32)22(2)3/h12,15-19,21,23,25,31H,2,4-11,13-14,20H2,1,3H3. The average Bonchev–Trinajstić information content (AvgIpc) is 2.83. The SMILES string of the molecule is C=C(C)C(=O)Oc1cc(CCCO)ccc1-c1ccc(C2CCC(CCCCC)CC2)cc1. The Morgan fingerprint density at radius 3 is 2.39 bits per heavy atom. The van der Waals surface area contributed by atoms with Gasteiger partial charge in [0.05, 0.1) is 0 Å².